The molecule has 0 aliphatic carbocycles. The molecule has 0 saturated heterocycles. The smallest absolute Gasteiger partial charge is 0.327 e. The van der Waals surface area contributed by atoms with Gasteiger partial charge < -0.3 is 20.8 Å². The minimum atomic E-state index is -1.11. The van der Waals surface area contributed by atoms with Crippen LogP contribution < -0.4 is 10.6 Å². The van der Waals surface area contributed by atoms with Crippen LogP contribution in [0, 0.1) is 0 Å². The largest absolute Gasteiger partial charge is 0.480 e. The van der Waals surface area contributed by atoms with Crippen LogP contribution in [0.15, 0.2) is 30.3 Å². The van der Waals surface area contributed by atoms with E-state index in [4.69, 9.17) is 5.11 Å². The highest BCUT2D eigenvalue weighted by Crippen LogP contribution is 2.10. The fourth-order valence-corrected chi connectivity index (χ4v) is 1.60. The van der Waals surface area contributed by atoms with E-state index in [2.05, 4.69) is 10.6 Å². The van der Waals surface area contributed by atoms with E-state index in [1.54, 1.807) is 12.1 Å². The highest BCUT2D eigenvalue weighted by Gasteiger charge is 2.18. The molecule has 2 atom stereocenters. The number of aliphatic hydroxyl groups is 1. The second-order valence-corrected chi connectivity index (χ2v) is 4.18. The summed E-state index contributed by atoms with van der Waals surface area (Å²) in [4.78, 5) is 21.7. The maximum Gasteiger partial charge on any atom is 0.327 e. The average Bonchev–Trinajstić information content (AvgIpc) is 2.37. The van der Waals surface area contributed by atoms with Crippen molar-refractivity contribution in [1.29, 1.82) is 0 Å². The lowest BCUT2D eigenvalue weighted by atomic mass is 10.1. The van der Waals surface area contributed by atoms with Gasteiger partial charge in [0.1, 0.15) is 6.04 Å². The van der Waals surface area contributed by atoms with Crippen LogP contribution in [0.2, 0.25) is 0 Å². The van der Waals surface area contributed by atoms with Gasteiger partial charge in [-0.15, -0.1) is 0 Å². The monoisotopic (exact) mass is 266 g/mol. The van der Waals surface area contributed by atoms with Crippen molar-refractivity contribution in [1.82, 2.24) is 10.6 Å². The summed E-state index contributed by atoms with van der Waals surface area (Å²) < 4.78 is 0. The molecule has 2 unspecified atom stereocenters. The van der Waals surface area contributed by atoms with Crippen molar-refractivity contribution >= 4 is 11.9 Å². The van der Waals surface area contributed by atoms with Crippen molar-refractivity contribution in [3.05, 3.63) is 35.9 Å². The second-order valence-electron chi connectivity index (χ2n) is 4.18. The van der Waals surface area contributed by atoms with Crippen LogP contribution >= 0.6 is 0 Å². The van der Waals surface area contributed by atoms with Crippen LogP contribution in [0.25, 0.3) is 0 Å². The molecule has 0 spiro atoms. The molecule has 0 aromatic heterocycles. The first-order valence-electron chi connectivity index (χ1n) is 5.94. The molecular weight excluding hydrogens is 248 g/mol. The SMILES string of the molecule is CC(=O)NC(CNCC(O)c1ccccc1)C(=O)O. The molecule has 0 aliphatic rings. The number of aliphatic hydroxyl groups excluding tert-OH is 1. The zero-order chi connectivity index (χ0) is 14.3. The summed E-state index contributed by atoms with van der Waals surface area (Å²) in [6.45, 7) is 1.53. The van der Waals surface area contributed by atoms with Gasteiger partial charge in [-0.1, -0.05) is 30.3 Å². The molecule has 0 bridgehead atoms. The highest BCUT2D eigenvalue weighted by atomic mass is 16.4. The number of carbonyl (C=O) groups excluding carboxylic acids is 1. The Morgan fingerprint density at radius 2 is 1.84 bits per heavy atom. The Bertz CT molecular complexity index is 422. The number of carbonyl (C=O) groups is 2. The summed E-state index contributed by atoms with van der Waals surface area (Å²) >= 11 is 0. The number of benzene rings is 1. The van der Waals surface area contributed by atoms with Gasteiger partial charge in [0.15, 0.2) is 0 Å². The van der Waals surface area contributed by atoms with Gasteiger partial charge in [0, 0.05) is 20.0 Å². The van der Waals surface area contributed by atoms with Gasteiger partial charge in [-0.25, -0.2) is 4.79 Å². The van der Waals surface area contributed by atoms with Crippen LogP contribution in [0.5, 0.6) is 0 Å². The van der Waals surface area contributed by atoms with Crippen LogP contribution in [-0.2, 0) is 9.59 Å². The van der Waals surface area contributed by atoms with Crippen molar-refractivity contribution in [2.24, 2.45) is 0 Å². The fourth-order valence-electron chi connectivity index (χ4n) is 1.60. The maximum atomic E-state index is 10.9. The second kappa shape index (κ2) is 7.50. The molecule has 0 radical (unpaired) electrons. The number of amides is 1. The molecule has 0 saturated carbocycles. The number of carboxylic acids is 1. The lowest BCUT2D eigenvalue weighted by Crippen LogP contribution is -2.47. The van der Waals surface area contributed by atoms with Gasteiger partial charge >= 0.3 is 5.97 Å². The highest BCUT2D eigenvalue weighted by molar-refractivity contribution is 5.82. The minimum absolute atomic E-state index is 0.0544. The Kier molecular flexibility index (Phi) is 5.98. The summed E-state index contributed by atoms with van der Waals surface area (Å²) in [7, 11) is 0. The summed E-state index contributed by atoms with van der Waals surface area (Å²) in [5.74, 6) is -1.52. The Morgan fingerprint density at radius 3 is 2.37 bits per heavy atom. The quantitative estimate of drug-likeness (QED) is 0.552. The minimum Gasteiger partial charge on any atom is -0.480 e. The van der Waals surface area contributed by atoms with Crippen molar-refractivity contribution < 1.29 is 19.8 Å². The third kappa shape index (κ3) is 5.50. The molecule has 104 valence electrons. The lowest BCUT2D eigenvalue weighted by molar-refractivity contribution is -0.141. The van der Waals surface area contributed by atoms with Crippen LogP contribution in [0.1, 0.15) is 18.6 Å². The normalized spacial score (nSPS) is 13.6. The van der Waals surface area contributed by atoms with E-state index in [9.17, 15) is 14.7 Å². The van der Waals surface area contributed by atoms with E-state index < -0.39 is 24.0 Å². The third-order valence-corrected chi connectivity index (χ3v) is 2.55. The van der Waals surface area contributed by atoms with Crippen molar-refractivity contribution in [2.75, 3.05) is 13.1 Å². The van der Waals surface area contributed by atoms with Gasteiger partial charge in [-0.2, -0.15) is 0 Å². The fraction of sp³-hybridized carbons (Fsp3) is 0.385. The first-order valence-corrected chi connectivity index (χ1v) is 5.94. The summed E-state index contributed by atoms with van der Waals surface area (Å²) in [5.41, 5.74) is 0.751. The Balaban J connectivity index is 2.40. The Labute approximate surface area is 111 Å². The topological polar surface area (TPSA) is 98.7 Å². The van der Waals surface area contributed by atoms with Crippen molar-refractivity contribution in [3.8, 4) is 0 Å². The molecule has 4 N–H and O–H groups in total. The predicted octanol–water partition coefficient (Wildman–Crippen LogP) is -0.101. The van der Waals surface area contributed by atoms with Gasteiger partial charge in [0.2, 0.25) is 5.91 Å². The Hall–Kier alpha value is -1.92. The standard InChI is InChI=1S/C13H18N2O4/c1-9(16)15-11(13(18)19)7-14-8-12(17)10-5-3-2-4-6-10/h2-6,11-12,14,17H,7-8H2,1H3,(H,15,16)(H,18,19). The van der Waals surface area contributed by atoms with Gasteiger partial charge in [0.05, 0.1) is 6.10 Å². The zero-order valence-electron chi connectivity index (χ0n) is 10.7. The van der Waals surface area contributed by atoms with E-state index >= 15 is 0 Å². The number of aliphatic carboxylic acids is 1. The van der Waals surface area contributed by atoms with Crippen molar-refractivity contribution in [3.63, 3.8) is 0 Å². The average molecular weight is 266 g/mol. The Morgan fingerprint density at radius 1 is 1.21 bits per heavy atom. The predicted molar refractivity (Wildman–Crippen MR) is 69.5 cm³/mol. The van der Waals surface area contributed by atoms with E-state index in [-0.39, 0.29) is 13.1 Å². The molecule has 1 amide bonds. The van der Waals surface area contributed by atoms with E-state index in [1.807, 2.05) is 18.2 Å². The molecule has 0 fully saturated rings. The van der Waals surface area contributed by atoms with Gasteiger partial charge in [-0.05, 0) is 5.56 Å². The van der Waals surface area contributed by atoms with Crippen molar-refractivity contribution in [2.45, 2.75) is 19.1 Å². The van der Waals surface area contributed by atoms with Crippen LogP contribution in [0.3, 0.4) is 0 Å². The zero-order valence-corrected chi connectivity index (χ0v) is 10.7. The first kappa shape index (κ1) is 15.1. The molecule has 19 heavy (non-hydrogen) atoms. The van der Waals surface area contributed by atoms with Gasteiger partial charge in [0.25, 0.3) is 0 Å². The number of hydrogen-bond acceptors (Lipinski definition) is 4. The number of rotatable bonds is 7. The van der Waals surface area contributed by atoms with E-state index in [1.165, 1.54) is 6.92 Å². The molecule has 1 aromatic rings. The van der Waals surface area contributed by atoms with Crippen LogP contribution in [-0.4, -0.2) is 41.2 Å². The number of hydrogen-bond donors (Lipinski definition) is 4. The summed E-state index contributed by atoms with van der Waals surface area (Å²) in [5, 5.41) is 23.9. The lowest BCUT2D eigenvalue weighted by Gasteiger charge is -2.16. The molecule has 1 rings (SSSR count). The van der Waals surface area contributed by atoms with E-state index in [0.29, 0.717) is 0 Å². The summed E-state index contributed by atoms with van der Waals surface area (Å²) in [6, 6.07) is 8.05. The molecule has 1 aromatic carbocycles. The number of carboxylic acid groups (broad SMARTS) is 1. The van der Waals surface area contributed by atoms with E-state index in [0.717, 1.165) is 5.56 Å². The molecule has 0 aliphatic heterocycles. The molecule has 0 heterocycles. The number of nitrogens with one attached hydrogen (secondary N) is 2. The molecule has 6 nitrogen and oxygen atoms in total. The molecule has 6 heteroatoms. The molecular formula is C13H18N2O4. The van der Waals surface area contributed by atoms with Crippen LogP contribution in [0.4, 0.5) is 0 Å². The first-order chi connectivity index (χ1) is 9.00. The maximum absolute atomic E-state index is 10.9. The summed E-state index contributed by atoms with van der Waals surface area (Å²) in [6.07, 6.45) is -0.715. The van der Waals surface area contributed by atoms with Gasteiger partial charge in [-0.3, -0.25) is 4.79 Å². The third-order valence-electron chi connectivity index (χ3n) is 2.55.